The van der Waals surface area contributed by atoms with Crippen LogP contribution in [0.2, 0.25) is 5.02 Å². The van der Waals surface area contributed by atoms with Gasteiger partial charge in [-0.2, -0.15) is 0 Å². The minimum absolute atomic E-state index is 0.00489. The summed E-state index contributed by atoms with van der Waals surface area (Å²) in [5.41, 5.74) is 7.63. The van der Waals surface area contributed by atoms with Crippen LogP contribution in [0.3, 0.4) is 0 Å². The Labute approximate surface area is 107 Å². The number of azide groups is 1. The number of benzene rings is 1. The van der Waals surface area contributed by atoms with Crippen LogP contribution < -0.4 is 0 Å². The number of methoxy groups -OCH3 is 1. The van der Waals surface area contributed by atoms with E-state index in [0.29, 0.717) is 16.1 Å². The van der Waals surface area contributed by atoms with E-state index >= 15 is 0 Å². The molecule has 0 radical (unpaired) electrons. The van der Waals surface area contributed by atoms with E-state index in [2.05, 4.69) is 14.8 Å². The molecule has 0 spiro atoms. The molecule has 18 heavy (non-hydrogen) atoms. The molecule has 7 heteroatoms. The zero-order valence-corrected chi connectivity index (χ0v) is 10.1. The zero-order chi connectivity index (χ0) is 13.3. The van der Waals surface area contributed by atoms with Gasteiger partial charge in [-0.05, 0) is 23.2 Å². The highest BCUT2D eigenvalue weighted by Gasteiger charge is 2.52. The second-order valence-corrected chi connectivity index (χ2v) is 4.29. The van der Waals surface area contributed by atoms with Crippen molar-refractivity contribution in [3.05, 3.63) is 44.8 Å². The summed E-state index contributed by atoms with van der Waals surface area (Å²) >= 11 is 5.80. The van der Waals surface area contributed by atoms with Crippen LogP contribution in [0.5, 0.6) is 0 Å². The van der Waals surface area contributed by atoms with Gasteiger partial charge in [-0.25, -0.2) is 0 Å². The summed E-state index contributed by atoms with van der Waals surface area (Å²) in [6.45, 7) is 0. The maximum absolute atomic E-state index is 12.2. The SMILES string of the molecule is COC(=O)C1(N=[N+]=[N-])Cc2ccc(Cl)cc2C1=O. The van der Waals surface area contributed by atoms with Crippen LogP contribution in [-0.4, -0.2) is 24.4 Å². The second kappa shape index (κ2) is 4.33. The number of carbonyl (C=O) groups excluding carboxylic acids is 2. The fraction of sp³-hybridized carbons (Fsp3) is 0.273. The average molecular weight is 266 g/mol. The average Bonchev–Trinajstić information content (AvgIpc) is 2.64. The standard InChI is InChI=1S/C11H8ClN3O3/c1-18-10(17)11(14-15-13)5-6-2-3-7(12)4-8(6)9(11)16/h2-4H,5H2,1H3. The molecule has 6 nitrogen and oxygen atoms in total. The van der Waals surface area contributed by atoms with Gasteiger partial charge < -0.3 is 4.74 Å². The number of Topliss-reactive ketones (excluding diaryl/α,β-unsaturated/α-hetero) is 1. The van der Waals surface area contributed by atoms with Crippen molar-refractivity contribution in [1.29, 1.82) is 0 Å². The summed E-state index contributed by atoms with van der Waals surface area (Å²) in [7, 11) is 1.14. The third-order valence-electron chi connectivity index (χ3n) is 2.88. The van der Waals surface area contributed by atoms with Crippen LogP contribution in [0.4, 0.5) is 0 Å². The van der Waals surface area contributed by atoms with Gasteiger partial charge >= 0.3 is 5.97 Å². The number of hydrogen-bond donors (Lipinski definition) is 0. The van der Waals surface area contributed by atoms with Gasteiger partial charge in [0.05, 0.1) is 7.11 Å². The van der Waals surface area contributed by atoms with E-state index in [1.54, 1.807) is 12.1 Å². The molecule has 0 fully saturated rings. The van der Waals surface area contributed by atoms with E-state index in [0.717, 1.165) is 7.11 Å². The Kier molecular flexibility index (Phi) is 2.98. The smallest absolute Gasteiger partial charge is 0.326 e. The van der Waals surface area contributed by atoms with Crippen LogP contribution >= 0.6 is 11.6 Å². The highest BCUT2D eigenvalue weighted by molar-refractivity contribution is 6.31. The summed E-state index contributed by atoms with van der Waals surface area (Å²) in [6.07, 6.45) is -0.00489. The molecule has 1 aromatic rings. The number of ether oxygens (including phenoxy) is 1. The van der Waals surface area contributed by atoms with Crippen LogP contribution in [0, 0.1) is 0 Å². The van der Waals surface area contributed by atoms with E-state index in [4.69, 9.17) is 17.1 Å². The number of carbonyl (C=O) groups is 2. The van der Waals surface area contributed by atoms with E-state index in [-0.39, 0.29) is 6.42 Å². The summed E-state index contributed by atoms with van der Waals surface area (Å²) in [5, 5.41) is 3.74. The van der Waals surface area contributed by atoms with Gasteiger partial charge in [-0.15, -0.1) is 0 Å². The Morgan fingerprint density at radius 1 is 1.61 bits per heavy atom. The number of rotatable bonds is 2. The molecule has 0 saturated carbocycles. The third kappa shape index (κ3) is 1.63. The first-order valence-electron chi connectivity index (χ1n) is 5.03. The number of esters is 1. The van der Waals surface area contributed by atoms with Crippen molar-refractivity contribution in [1.82, 2.24) is 0 Å². The van der Waals surface area contributed by atoms with Crippen molar-refractivity contribution >= 4 is 23.4 Å². The number of nitrogens with zero attached hydrogens (tertiary/aromatic N) is 3. The molecule has 1 atom stereocenters. The Morgan fingerprint density at radius 2 is 2.33 bits per heavy atom. The normalized spacial score (nSPS) is 21.1. The van der Waals surface area contributed by atoms with E-state index < -0.39 is 17.3 Å². The van der Waals surface area contributed by atoms with Crippen molar-refractivity contribution in [2.45, 2.75) is 12.0 Å². The van der Waals surface area contributed by atoms with Crippen LogP contribution in [-0.2, 0) is 16.0 Å². The van der Waals surface area contributed by atoms with Gasteiger partial charge in [0.2, 0.25) is 5.54 Å². The first-order valence-corrected chi connectivity index (χ1v) is 5.41. The highest BCUT2D eigenvalue weighted by Crippen LogP contribution is 2.35. The van der Waals surface area contributed by atoms with E-state index in [1.165, 1.54) is 6.07 Å². The first-order chi connectivity index (χ1) is 8.55. The molecule has 1 aliphatic carbocycles. The lowest BCUT2D eigenvalue weighted by molar-refractivity contribution is -0.144. The molecule has 0 bridgehead atoms. The third-order valence-corrected chi connectivity index (χ3v) is 3.11. The van der Waals surface area contributed by atoms with Crippen LogP contribution in [0.25, 0.3) is 10.4 Å². The molecule has 92 valence electrons. The van der Waals surface area contributed by atoms with Gasteiger partial charge in [0.15, 0.2) is 5.78 Å². The second-order valence-electron chi connectivity index (χ2n) is 3.85. The molecule has 1 aromatic carbocycles. The summed E-state index contributed by atoms with van der Waals surface area (Å²) < 4.78 is 4.56. The molecule has 1 unspecified atom stereocenters. The first kappa shape index (κ1) is 12.4. The van der Waals surface area contributed by atoms with Gasteiger partial charge in [0.25, 0.3) is 0 Å². The quantitative estimate of drug-likeness (QED) is 0.270. The Bertz CT molecular complexity index is 595. The van der Waals surface area contributed by atoms with Crippen molar-refractivity contribution in [3.8, 4) is 0 Å². The van der Waals surface area contributed by atoms with Crippen molar-refractivity contribution < 1.29 is 14.3 Å². The molecule has 0 aromatic heterocycles. The molecule has 1 aliphatic rings. The maximum atomic E-state index is 12.2. The largest absolute Gasteiger partial charge is 0.468 e. The monoisotopic (exact) mass is 265 g/mol. The Hall–Kier alpha value is -2.04. The Morgan fingerprint density at radius 3 is 2.94 bits per heavy atom. The number of hydrogen-bond acceptors (Lipinski definition) is 4. The van der Waals surface area contributed by atoms with Crippen molar-refractivity contribution in [3.63, 3.8) is 0 Å². The van der Waals surface area contributed by atoms with Crippen molar-refractivity contribution in [2.24, 2.45) is 5.11 Å². The maximum Gasteiger partial charge on any atom is 0.326 e. The van der Waals surface area contributed by atoms with Crippen LogP contribution in [0.1, 0.15) is 15.9 Å². The predicted octanol–water partition coefficient (Wildman–Crippen LogP) is 2.30. The van der Waals surface area contributed by atoms with Crippen LogP contribution in [0.15, 0.2) is 23.3 Å². The van der Waals surface area contributed by atoms with E-state index in [1.807, 2.05) is 0 Å². The highest BCUT2D eigenvalue weighted by atomic mass is 35.5. The van der Waals surface area contributed by atoms with Gasteiger partial charge in [0, 0.05) is 21.9 Å². The van der Waals surface area contributed by atoms with Crippen molar-refractivity contribution in [2.75, 3.05) is 7.11 Å². The van der Waals surface area contributed by atoms with Gasteiger partial charge in [-0.1, -0.05) is 22.8 Å². The summed E-state index contributed by atoms with van der Waals surface area (Å²) in [4.78, 5) is 26.6. The molecular formula is C11H8ClN3O3. The van der Waals surface area contributed by atoms with Gasteiger partial charge in [0.1, 0.15) is 0 Å². The lowest BCUT2D eigenvalue weighted by atomic mass is 9.96. The zero-order valence-electron chi connectivity index (χ0n) is 9.38. The van der Waals surface area contributed by atoms with E-state index in [9.17, 15) is 9.59 Å². The minimum atomic E-state index is -1.84. The number of halogens is 1. The lowest BCUT2D eigenvalue weighted by Crippen LogP contribution is -2.43. The van der Waals surface area contributed by atoms with Gasteiger partial charge in [-0.3, -0.25) is 9.59 Å². The lowest BCUT2D eigenvalue weighted by Gasteiger charge is -2.17. The molecule has 2 rings (SSSR count). The molecular weight excluding hydrogens is 258 g/mol. The summed E-state index contributed by atoms with van der Waals surface area (Å²) in [5.74, 6) is -1.44. The fourth-order valence-corrected chi connectivity index (χ4v) is 2.20. The molecule has 0 amide bonds. The summed E-state index contributed by atoms with van der Waals surface area (Å²) in [6, 6.07) is 4.70. The molecule has 0 aliphatic heterocycles. The minimum Gasteiger partial charge on any atom is -0.468 e. The molecule has 0 saturated heterocycles. The Balaban J connectivity index is 2.60. The molecule has 0 heterocycles. The number of fused-ring (bicyclic) bond motifs is 1. The fourth-order valence-electron chi connectivity index (χ4n) is 2.02. The number of ketones is 1. The predicted molar refractivity (Wildman–Crippen MR) is 63.4 cm³/mol. The molecule has 0 N–H and O–H groups in total. The topological polar surface area (TPSA) is 92.1 Å².